The molecule has 1 aliphatic rings. The van der Waals surface area contributed by atoms with Crippen LogP contribution in [0, 0.1) is 0 Å². The summed E-state index contributed by atoms with van der Waals surface area (Å²) in [6.07, 6.45) is 3.89. The fourth-order valence-corrected chi connectivity index (χ4v) is 2.89. The molecule has 0 saturated carbocycles. The molecule has 0 saturated heterocycles. The van der Waals surface area contributed by atoms with Crippen LogP contribution in [0.2, 0.25) is 0 Å². The van der Waals surface area contributed by atoms with Crippen molar-refractivity contribution in [2.24, 2.45) is 0 Å². The van der Waals surface area contributed by atoms with Crippen LogP contribution in [0.4, 0.5) is 5.69 Å². The monoisotopic (exact) mass is 347 g/mol. The maximum absolute atomic E-state index is 12.7. The second-order valence-electron chi connectivity index (χ2n) is 5.87. The first-order chi connectivity index (χ1) is 12.8. The Bertz CT molecular complexity index is 898. The van der Waals surface area contributed by atoms with Gasteiger partial charge in [0, 0.05) is 23.6 Å². The van der Waals surface area contributed by atoms with Gasteiger partial charge in [-0.05, 0) is 42.8 Å². The lowest BCUT2D eigenvalue weighted by atomic mass is 9.92. The summed E-state index contributed by atoms with van der Waals surface area (Å²) in [6, 6.07) is 16.8. The van der Waals surface area contributed by atoms with E-state index in [4.69, 9.17) is 9.47 Å². The maximum Gasteiger partial charge on any atom is 0.321 e. The number of hydrogen-bond donors (Lipinski definition) is 1. The van der Waals surface area contributed by atoms with Gasteiger partial charge in [-0.25, -0.2) is 9.97 Å². The van der Waals surface area contributed by atoms with Gasteiger partial charge in [-0.1, -0.05) is 18.2 Å². The molecule has 130 valence electrons. The summed E-state index contributed by atoms with van der Waals surface area (Å²) in [7, 11) is 0. The van der Waals surface area contributed by atoms with E-state index < -0.39 is 0 Å². The zero-order valence-corrected chi connectivity index (χ0v) is 14.0. The minimum atomic E-state index is -0.214. The van der Waals surface area contributed by atoms with E-state index in [9.17, 15) is 4.79 Å². The molecule has 0 bridgehead atoms. The Balaban J connectivity index is 1.44. The van der Waals surface area contributed by atoms with Gasteiger partial charge in [0.05, 0.1) is 12.5 Å². The largest absolute Gasteiger partial charge is 0.493 e. The number of rotatable bonds is 4. The van der Waals surface area contributed by atoms with Crippen LogP contribution < -0.4 is 14.8 Å². The first-order valence-corrected chi connectivity index (χ1v) is 8.37. The second-order valence-corrected chi connectivity index (χ2v) is 5.87. The van der Waals surface area contributed by atoms with Gasteiger partial charge < -0.3 is 14.8 Å². The quantitative estimate of drug-likeness (QED) is 0.778. The van der Waals surface area contributed by atoms with Gasteiger partial charge in [0.25, 0.3) is 0 Å². The number of anilines is 1. The Morgan fingerprint density at radius 1 is 1.04 bits per heavy atom. The molecule has 0 aliphatic carbocycles. The second kappa shape index (κ2) is 7.23. The zero-order valence-electron chi connectivity index (χ0n) is 14.0. The van der Waals surface area contributed by atoms with E-state index in [0.717, 1.165) is 11.3 Å². The minimum absolute atomic E-state index is 0.0409. The summed E-state index contributed by atoms with van der Waals surface area (Å²) in [5.74, 6) is 1.13. The van der Waals surface area contributed by atoms with E-state index in [1.165, 1.54) is 0 Å². The zero-order chi connectivity index (χ0) is 17.8. The number of benzene rings is 2. The van der Waals surface area contributed by atoms with Crippen molar-refractivity contribution in [1.82, 2.24) is 9.97 Å². The van der Waals surface area contributed by atoms with Crippen molar-refractivity contribution < 1.29 is 14.3 Å². The van der Waals surface area contributed by atoms with Crippen molar-refractivity contribution in [2.75, 3.05) is 11.9 Å². The highest BCUT2D eigenvalue weighted by molar-refractivity contribution is 5.96. The number of nitrogens with zero attached hydrogens (tertiary/aromatic N) is 2. The number of hydrogen-bond acceptors (Lipinski definition) is 5. The Hall–Kier alpha value is -3.41. The summed E-state index contributed by atoms with van der Waals surface area (Å²) < 4.78 is 11.2. The topological polar surface area (TPSA) is 73.3 Å². The highest BCUT2D eigenvalue weighted by atomic mass is 16.5. The Morgan fingerprint density at radius 2 is 1.81 bits per heavy atom. The lowest BCUT2D eigenvalue weighted by molar-refractivity contribution is -0.118. The standard InChI is InChI=1S/C20H17N3O3/c24-19(17-10-13-25-18-5-2-1-4-16(17)18)23-14-6-8-15(9-7-14)26-20-21-11-3-12-22-20/h1-9,11-12,17H,10,13H2,(H,23,24)/t17-/m1/s1. The normalized spacial score (nSPS) is 15.5. The van der Waals surface area contributed by atoms with Crippen LogP contribution in [0.3, 0.4) is 0 Å². The summed E-state index contributed by atoms with van der Waals surface area (Å²) in [5.41, 5.74) is 1.64. The highest BCUT2D eigenvalue weighted by Gasteiger charge is 2.27. The number of nitrogens with one attached hydrogen (secondary N) is 1. The molecule has 1 aliphatic heterocycles. The molecule has 4 rings (SSSR count). The first kappa shape index (κ1) is 16.1. The molecule has 1 N–H and O–H groups in total. The molecule has 0 unspecified atom stereocenters. The van der Waals surface area contributed by atoms with Crippen molar-refractivity contribution in [3.63, 3.8) is 0 Å². The molecular formula is C20H17N3O3. The molecule has 0 fully saturated rings. The number of aromatic nitrogens is 2. The van der Waals surface area contributed by atoms with Crippen molar-refractivity contribution in [2.45, 2.75) is 12.3 Å². The average Bonchev–Trinajstić information content (AvgIpc) is 2.70. The van der Waals surface area contributed by atoms with Gasteiger partial charge in [0.1, 0.15) is 11.5 Å². The minimum Gasteiger partial charge on any atom is -0.493 e. The molecule has 6 nitrogen and oxygen atoms in total. The number of amides is 1. The summed E-state index contributed by atoms with van der Waals surface area (Å²) in [4.78, 5) is 20.7. The van der Waals surface area contributed by atoms with Crippen LogP contribution in [-0.2, 0) is 4.79 Å². The number of para-hydroxylation sites is 1. The van der Waals surface area contributed by atoms with Crippen LogP contribution in [0.15, 0.2) is 67.0 Å². The average molecular weight is 347 g/mol. The van der Waals surface area contributed by atoms with E-state index in [2.05, 4.69) is 15.3 Å². The fourth-order valence-electron chi connectivity index (χ4n) is 2.89. The molecule has 1 amide bonds. The van der Waals surface area contributed by atoms with E-state index in [1.807, 2.05) is 24.3 Å². The van der Waals surface area contributed by atoms with Crippen molar-refractivity contribution in [3.8, 4) is 17.5 Å². The van der Waals surface area contributed by atoms with Crippen LogP contribution >= 0.6 is 0 Å². The molecule has 2 heterocycles. The van der Waals surface area contributed by atoms with Crippen molar-refractivity contribution in [3.05, 3.63) is 72.6 Å². The SMILES string of the molecule is O=C(Nc1ccc(Oc2ncccn2)cc1)[C@@H]1CCOc2ccccc21. The van der Waals surface area contributed by atoms with E-state index in [1.54, 1.807) is 42.7 Å². The number of fused-ring (bicyclic) bond motifs is 1. The summed E-state index contributed by atoms with van der Waals surface area (Å²) in [6.45, 7) is 0.541. The third-order valence-corrected chi connectivity index (χ3v) is 4.15. The molecule has 0 spiro atoms. The van der Waals surface area contributed by atoms with Gasteiger partial charge in [0.2, 0.25) is 5.91 Å². The highest BCUT2D eigenvalue weighted by Crippen LogP contribution is 2.34. The van der Waals surface area contributed by atoms with Crippen molar-refractivity contribution in [1.29, 1.82) is 0 Å². The Labute approximate surface area is 150 Å². The molecule has 2 aromatic carbocycles. The third kappa shape index (κ3) is 3.49. The number of ether oxygens (including phenoxy) is 2. The van der Waals surface area contributed by atoms with Gasteiger partial charge >= 0.3 is 6.01 Å². The molecule has 1 aromatic heterocycles. The first-order valence-electron chi connectivity index (χ1n) is 8.37. The van der Waals surface area contributed by atoms with E-state index in [-0.39, 0.29) is 17.8 Å². The molecule has 3 aromatic rings. The van der Waals surface area contributed by atoms with Gasteiger partial charge in [-0.3, -0.25) is 4.79 Å². The lowest BCUT2D eigenvalue weighted by Crippen LogP contribution is -2.26. The maximum atomic E-state index is 12.7. The summed E-state index contributed by atoms with van der Waals surface area (Å²) in [5, 5.41) is 2.96. The van der Waals surface area contributed by atoms with Crippen LogP contribution in [0.5, 0.6) is 17.5 Å². The van der Waals surface area contributed by atoms with Crippen LogP contribution in [0.1, 0.15) is 17.9 Å². The molecule has 26 heavy (non-hydrogen) atoms. The number of carbonyl (C=O) groups excluding carboxylic acids is 1. The van der Waals surface area contributed by atoms with Crippen molar-refractivity contribution >= 4 is 11.6 Å². The number of carbonyl (C=O) groups is 1. The molecule has 0 radical (unpaired) electrons. The van der Waals surface area contributed by atoms with Crippen LogP contribution in [0.25, 0.3) is 0 Å². The van der Waals surface area contributed by atoms with Crippen LogP contribution in [-0.4, -0.2) is 22.5 Å². The molecular weight excluding hydrogens is 330 g/mol. The smallest absolute Gasteiger partial charge is 0.321 e. The third-order valence-electron chi connectivity index (χ3n) is 4.15. The fraction of sp³-hybridized carbons (Fsp3) is 0.150. The predicted octanol–water partition coefficient (Wildman–Crippen LogP) is 3.77. The molecule has 6 heteroatoms. The van der Waals surface area contributed by atoms with Gasteiger partial charge in [-0.15, -0.1) is 0 Å². The Morgan fingerprint density at radius 3 is 2.62 bits per heavy atom. The summed E-state index contributed by atoms with van der Waals surface area (Å²) >= 11 is 0. The molecule has 1 atom stereocenters. The lowest BCUT2D eigenvalue weighted by Gasteiger charge is -2.25. The van der Waals surface area contributed by atoms with E-state index in [0.29, 0.717) is 24.5 Å². The van der Waals surface area contributed by atoms with Gasteiger partial charge in [0.15, 0.2) is 0 Å². The van der Waals surface area contributed by atoms with Gasteiger partial charge in [-0.2, -0.15) is 0 Å². The Kier molecular flexibility index (Phi) is 4.47. The van der Waals surface area contributed by atoms with E-state index >= 15 is 0 Å². The predicted molar refractivity (Wildman–Crippen MR) is 96.5 cm³/mol.